The molecule has 0 fully saturated rings. The molecule has 2 aromatic carbocycles. The zero-order chi connectivity index (χ0) is 16.4. The Morgan fingerprint density at radius 2 is 1.83 bits per heavy atom. The molecule has 4 heteroatoms. The summed E-state index contributed by atoms with van der Waals surface area (Å²) in [5.74, 6) is 0. The van der Waals surface area contributed by atoms with Crippen molar-refractivity contribution >= 4 is 22.9 Å². The highest BCUT2D eigenvalue weighted by molar-refractivity contribution is 6.30. The molecule has 0 aliphatic heterocycles. The molecular formula is C20H16ClN3. The summed E-state index contributed by atoms with van der Waals surface area (Å²) < 4.78 is 2.04. The normalized spacial score (nSPS) is 10.9. The summed E-state index contributed by atoms with van der Waals surface area (Å²) in [7, 11) is 0. The van der Waals surface area contributed by atoms with Crippen molar-refractivity contribution in [1.29, 1.82) is 0 Å². The number of aromatic nitrogens is 2. The predicted molar refractivity (Wildman–Crippen MR) is 99.4 cm³/mol. The van der Waals surface area contributed by atoms with E-state index in [1.165, 1.54) is 5.56 Å². The Balaban J connectivity index is 1.62. The molecule has 24 heavy (non-hydrogen) atoms. The van der Waals surface area contributed by atoms with Gasteiger partial charge in [-0.05, 0) is 23.8 Å². The zero-order valence-corrected chi connectivity index (χ0v) is 13.7. The van der Waals surface area contributed by atoms with Crippen molar-refractivity contribution in [3.8, 4) is 11.3 Å². The van der Waals surface area contributed by atoms with Gasteiger partial charge in [-0.2, -0.15) is 0 Å². The molecule has 0 bridgehead atoms. The third-order valence-electron chi connectivity index (χ3n) is 3.97. The lowest BCUT2D eigenvalue weighted by atomic mass is 10.1. The van der Waals surface area contributed by atoms with Gasteiger partial charge in [0.25, 0.3) is 0 Å². The molecule has 0 aliphatic carbocycles. The van der Waals surface area contributed by atoms with Crippen LogP contribution < -0.4 is 5.32 Å². The fourth-order valence-corrected chi connectivity index (χ4v) is 2.91. The largest absolute Gasteiger partial charge is 0.381 e. The number of anilines is 1. The van der Waals surface area contributed by atoms with Crippen molar-refractivity contribution in [2.45, 2.75) is 6.54 Å². The lowest BCUT2D eigenvalue weighted by Gasteiger charge is -2.09. The van der Waals surface area contributed by atoms with Crippen molar-refractivity contribution in [1.82, 2.24) is 9.38 Å². The van der Waals surface area contributed by atoms with Gasteiger partial charge in [0, 0.05) is 35.1 Å². The van der Waals surface area contributed by atoms with Crippen LogP contribution in [-0.2, 0) is 6.54 Å². The number of rotatable bonds is 4. The van der Waals surface area contributed by atoms with Crippen LogP contribution in [0.25, 0.3) is 16.9 Å². The van der Waals surface area contributed by atoms with E-state index in [9.17, 15) is 0 Å². The minimum Gasteiger partial charge on any atom is -0.381 e. The molecule has 0 amide bonds. The van der Waals surface area contributed by atoms with E-state index in [-0.39, 0.29) is 0 Å². The second-order valence-electron chi connectivity index (χ2n) is 5.64. The molecule has 2 aromatic heterocycles. The predicted octanol–water partition coefficient (Wildman–Crippen LogP) is 5.27. The van der Waals surface area contributed by atoms with Crippen LogP contribution in [0.2, 0.25) is 5.02 Å². The molecule has 1 N–H and O–H groups in total. The molecule has 4 rings (SSSR count). The molecule has 4 aromatic rings. The van der Waals surface area contributed by atoms with Gasteiger partial charge >= 0.3 is 0 Å². The van der Waals surface area contributed by atoms with Crippen LogP contribution in [-0.4, -0.2) is 9.38 Å². The maximum atomic E-state index is 6.04. The number of hydrogen-bond donors (Lipinski definition) is 1. The molecule has 0 radical (unpaired) electrons. The maximum absolute atomic E-state index is 6.04. The molecule has 0 aliphatic rings. The molecule has 3 nitrogen and oxygen atoms in total. The zero-order valence-electron chi connectivity index (χ0n) is 13.0. The minimum atomic E-state index is 0.693. The van der Waals surface area contributed by atoms with Crippen molar-refractivity contribution in [3.63, 3.8) is 0 Å². The Morgan fingerprint density at radius 1 is 0.958 bits per heavy atom. The Morgan fingerprint density at radius 3 is 2.71 bits per heavy atom. The first-order chi connectivity index (χ1) is 11.8. The van der Waals surface area contributed by atoms with Crippen molar-refractivity contribution in [2.75, 3.05) is 5.32 Å². The lowest BCUT2D eigenvalue weighted by Crippen LogP contribution is -1.99. The first kappa shape index (κ1) is 14.8. The SMILES string of the molecule is Clc1ccn2c(-c3cccc(NCc4ccccc4)c3)cnc2c1. The molecule has 0 unspecified atom stereocenters. The summed E-state index contributed by atoms with van der Waals surface area (Å²) >= 11 is 6.04. The van der Waals surface area contributed by atoms with Crippen molar-refractivity contribution in [3.05, 3.63) is 89.7 Å². The molecule has 0 saturated carbocycles. The number of imidazole rings is 1. The highest BCUT2D eigenvalue weighted by Crippen LogP contribution is 2.25. The van der Waals surface area contributed by atoms with Gasteiger partial charge in [0.05, 0.1) is 11.9 Å². The van der Waals surface area contributed by atoms with Crippen LogP contribution in [0.1, 0.15) is 5.56 Å². The van der Waals surface area contributed by atoms with Gasteiger partial charge < -0.3 is 5.32 Å². The van der Waals surface area contributed by atoms with E-state index < -0.39 is 0 Å². The summed E-state index contributed by atoms with van der Waals surface area (Å²) in [6, 6.07) is 22.5. The van der Waals surface area contributed by atoms with Crippen LogP contribution in [0.3, 0.4) is 0 Å². The third-order valence-corrected chi connectivity index (χ3v) is 4.21. The number of benzene rings is 2. The quantitative estimate of drug-likeness (QED) is 0.551. The Kier molecular flexibility index (Phi) is 3.93. The van der Waals surface area contributed by atoms with Gasteiger partial charge in [-0.25, -0.2) is 4.98 Å². The van der Waals surface area contributed by atoms with E-state index >= 15 is 0 Å². The van der Waals surface area contributed by atoms with E-state index in [0.29, 0.717) is 5.02 Å². The van der Waals surface area contributed by atoms with Crippen molar-refractivity contribution in [2.24, 2.45) is 0 Å². The number of pyridine rings is 1. The standard InChI is InChI=1S/C20H16ClN3/c21-17-9-10-24-19(14-23-20(24)12-17)16-7-4-8-18(11-16)22-13-15-5-2-1-3-6-15/h1-12,14,22H,13H2. The summed E-state index contributed by atoms with van der Waals surface area (Å²) in [4.78, 5) is 4.44. The summed E-state index contributed by atoms with van der Waals surface area (Å²) in [6.45, 7) is 0.799. The second-order valence-corrected chi connectivity index (χ2v) is 6.07. The molecule has 0 spiro atoms. The molecule has 0 atom stereocenters. The number of nitrogens with zero attached hydrogens (tertiary/aromatic N) is 2. The Bertz CT molecular complexity index is 977. The maximum Gasteiger partial charge on any atom is 0.138 e. The van der Waals surface area contributed by atoms with Gasteiger partial charge in [0.1, 0.15) is 5.65 Å². The topological polar surface area (TPSA) is 29.3 Å². The first-order valence-corrected chi connectivity index (χ1v) is 8.18. The lowest BCUT2D eigenvalue weighted by molar-refractivity contribution is 1.15. The van der Waals surface area contributed by atoms with Gasteiger partial charge in [-0.15, -0.1) is 0 Å². The van der Waals surface area contributed by atoms with Crippen LogP contribution in [0.5, 0.6) is 0 Å². The van der Waals surface area contributed by atoms with E-state index in [2.05, 4.69) is 58.8 Å². The van der Waals surface area contributed by atoms with Gasteiger partial charge in [0.2, 0.25) is 0 Å². The Hall–Kier alpha value is -2.78. The van der Waals surface area contributed by atoms with E-state index in [1.807, 2.05) is 35.0 Å². The fraction of sp³-hybridized carbons (Fsp3) is 0.0500. The van der Waals surface area contributed by atoms with Crippen LogP contribution in [0.4, 0.5) is 5.69 Å². The van der Waals surface area contributed by atoms with Gasteiger partial charge in [-0.1, -0.05) is 54.1 Å². The fourth-order valence-electron chi connectivity index (χ4n) is 2.76. The van der Waals surface area contributed by atoms with E-state index in [1.54, 1.807) is 0 Å². The minimum absolute atomic E-state index is 0.693. The Labute approximate surface area is 145 Å². The van der Waals surface area contributed by atoms with Crippen LogP contribution in [0, 0.1) is 0 Å². The smallest absolute Gasteiger partial charge is 0.138 e. The average molecular weight is 334 g/mol. The van der Waals surface area contributed by atoms with E-state index in [0.717, 1.165) is 29.1 Å². The van der Waals surface area contributed by atoms with Gasteiger partial charge in [0.15, 0.2) is 0 Å². The average Bonchev–Trinajstić information content (AvgIpc) is 3.04. The highest BCUT2D eigenvalue weighted by atomic mass is 35.5. The monoisotopic (exact) mass is 333 g/mol. The highest BCUT2D eigenvalue weighted by Gasteiger charge is 2.07. The van der Waals surface area contributed by atoms with Crippen LogP contribution >= 0.6 is 11.6 Å². The first-order valence-electron chi connectivity index (χ1n) is 7.80. The number of fused-ring (bicyclic) bond motifs is 1. The molecular weight excluding hydrogens is 318 g/mol. The third kappa shape index (κ3) is 2.99. The van der Waals surface area contributed by atoms with Crippen molar-refractivity contribution < 1.29 is 0 Å². The molecule has 118 valence electrons. The van der Waals surface area contributed by atoms with Crippen LogP contribution in [0.15, 0.2) is 79.1 Å². The summed E-state index contributed by atoms with van der Waals surface area (Å²) in [5, 5.41) is 4.16. The number of halogens is 1. The van der Waals surface area contributed by atoms with Gasteiger partial charge in [-0.3, -0.25) is 4.40 Å². The number of nitrogens with one attached hydrogen (secondary N) is 1. The molecule has 0 saturated heterocycles. The summed E-state index contributed by atoms with van der Waals surface area (Å²) in [6.07, 6.45) is 3.83. The second kappa shape index (κ2) is 6.38. The number of hydrogen-bond acceptors (Lipinski definition) is 2. The van der Waals surface area contributed by atoms with E-state index in [4.69, 9.17) is 11.6 Å². The summed E-state index contributed by atoms with van der Waals surface area (Å²) in [5.41, 5.74) is 5.35. The molecule has 2 heterocycles.